The summed E-state index contributed by atoms with van der Waals surface area (Å²) < 4.78 is 30.1. The molecule has 1 amide bonds. The lowest BCUT2D eigenvalue weighted by Gasteiger charge is -2.40. The van der Waals surface area contributed by atoms with Gasteiger partial charge in [-0.25, -0.2) is 18.7 Å². The Morgan fingerprint density at radius 3 is 2.63 bits per heavy atom. The van der Waals surface area contributed by atoms with Gasteiger partial charge in [0.25, 0.3) is 0 Å². The van der Waals surface area contributed by atoms with Crippen molar-refractivity contribution in [1.82, 2.24) is 24.4 Å². The number of aryl methyl sites for hydroxylation is 1. The van der Waals surface area contributed by atoms with Crippen LogP contribution >= 0.6 is 0 Å². The zero-order chi connectivity index (χ0) is 31.2. The van der Waals surface area contributed by atoms with E-state index in [0.29, 0.717) is 31.0 Å². The number of hydrogen-bond donors (Lipinski definition) is 1. The lowest BCUT2D eigenvalue weighted by Crippen LogP contribution is -2.54. The standard InChI is InChI=1S/C31H33FN6O4S/c1-7-24(40)36-13-14-37(19(5)16-36)29-20-15-21(32)27(25-22(39)9-8-10-23(25)43(6)42)34-30(20)38(31(41)35-29)28-18(4)11-12-33-26(28)17(2)3/h7-12,15,17,19,39H,1,13-14,16H2,2-6H3/t19-,43?/m0/s1. The van der Waals surface area contributed by atoms with Crippen molar-refractivity contribution in [2.45, 2.75) is 44.6 Å². The summed E-state index contributed by atoms with van der Waals surface area (Å²) in [6.07, 6.45) is 4.36. The van der Waals surface area contributed by atoms with Crippen LogP contribution in [0.2, 0.25) is 0 Å². The second-order valence-corrected chi connectivity index (χ2v) is 12.2. The normalized spacial score (nSPS) is 16.1. The van der Waals surface area contributed by atoms with Crippen LogP contribution in [0.4, 0.5) is 10.2 Å². The van der Waals surface area contributed by atoms with Gasteiger partial charge in [-0.1, -0.05) is 26.5 Å². The van der Waals surface area contributed by atoms with Crippen molar-refractivity contribution in [1.29, 1.82) is 0 Å². The lowest BCUT2D eigenvalue weighted by atomic mass is 10.0. The predicted octanol–water partition coefficient (Wildman–Crippen LogP) is 4.08. The Labute approximate surface area is 251 Å². The largest absolute Gasteiger partial charge is 0.507 e. The Balaban J connectivity index is 1.86. The Morgan fingerprint density at radius 1 is 1.23 bits per heavy atom. The number of hydrogen-bond acceptors (Lipinski definition) is 8. The lowest BCUT2D eigenvalue weighted by molar-refractivity contribution is -0.126. The molecule has 5 rings (SSSR count). The average molecular weight is 605 g/mol. The van der Waals surface area contributed by atoms with E-state index in [4.69, 9.17) is 0 Å². The number of nitrogens with zero attached hydrogens (tertiary/aromatic N) is 6. The third kappa shape index (κ3) is 5.31. The van der Waals surface area contributed by atoms with E-state index in [1.54, 1.807) is 17.2 Å². The summed E-state index contributed by atoms with van der Waals surface area (Å²) in [6.45, 7) is 12.3. The molecule has 43 heavy (non-hydrogen) atoms. The molecular formula is C31H33FN6O4S. The Bertz CT molecular complexity index is 1860. The van der Waals surface area contributed by atoms with Crippen LogP contribution in [0, 0.1) is 12.7 Å². The summed E-state index contributed by atoms with van der Waals surface area (Å²) in [7, 11) is -1.58. The molecule has 4 aromatic rings. The van der Waals surface area contributed by atoms with Gasteiger partial charge >= 0.3 is 5.69 Å². The van der Waals surface area contributed by atoms with Crippen LogP contribution in [-0.4, -0.2) is 71.6 Å². The first kappa shape index (κ1) is 30.0. The smallest absolute Gasteiger partial charge is 0.355 e. The van der Waals surface area contributed by atoms with E-state index in [2.05, 4.69) is 21.5 Å². The number of pyridine rings is 2. The third-order valence-corrected chi connectivity index (χ3v) is 8.62. The summed E-state index contributed by atoms with van der Waals surface area (Å²) in [6, 6.07) is 7.20. The monoisotopic (exact) mass is 604 g/mol. The molecule has 1 saturated heterocycles. The van der Waals surface area contributed by atoms with Gasteiger partial charge in [-0.15, -0.1) is 0 Å². The number of carbonyl (C=O) groups is 1. The van der Waals surface area contributed by atoms with Gasteiger partial charge < -0.3 is 14.9 Å². The van der Waals surface area contributed by atoms with E-state index < -0.39 is 22.3 Å². The maximum absolute atomic E-state index is 16.1. The molecule has 1 N–H and O–H groups in total. The minimum Gasteiger partial charge on any atom is -0.507 e. The zero-order valence-corrected chi connectivity index (χ0v) is 25.5. The van der Waals surface area contributed by atoms with Gasteiger partial charge in [0, 0.05) is 38.1 Å². The molecule has 224 valence electrons. The minimum atomic E-state index is -1.58. The second-order valence-electron chi connectivity index (χ2n) is 10.9. The van der Waals surface area contributed by atoms with Crippen LogP contribution in [0.1, 0.15) is 37.9 Å². The number of carbonyl (C=O) groups excluding carboxylic acids is 1. The van der Waals surface area contributed by atoms with E-state index in [9.17, 15) is 18.9 Å². The van der Waals surface area contributed by atoms with Gasteiger partial charge in [0.15, 0.2) is 11.5 Å². The molecule has 4 heterocycles. The van der Waals surface area contributed by atoms with Crippen LogP contribution < -0.4 is 10.6 Å². The molecule has 1 fully saturated rings. The molecule has 0 saturated carbocycles. The van der Waals surface area contributed by atoms with E-state index in [-0.39, 0.29) is 56.6 Å². The number of phenolic OH excluding ortho intramolecular Hbond substituents is 1. The number of benzene rings is 1. The van der Waals surface area contributed by atoms with Gasteiger partial charge in [0.1, 0.15) is 17.3 Å². The molecule has 12 heteroatoms. The molecule has 0 aliphatic carbocycles. The number of phenols is 1. The van der Waals surface area contributed by atoms with Crippen molar-refractivity contribution in [3.05, 3.63) is 76.7 Å². The molecule has 1 aliphatic rings. The highest BCUT2D eigenvalue weighted by Gasteiger charge is 2.31. The van der Waals surface area contributed by atoms with Crippen molar-refractivity contribution < 1.29 is 18.5 Å². The number of rotatable bonds is 6. The number of aromatic nitrogens is 4. The highest BCUT2D eigenvalue weighted by atomic mass is 32.2. The maximum Gasteiger partial charge on any atom is 0.355 e. The highest BCUT2D eigenvalue weighted by molar-refractivity contribution is 7.84. The molecule has 3 aromatic heterocycles. The van der Waals surface area contributed by atoms with Crippen LogP contribution in [0.5, 0.6) is 5.75 Å². The summed E-state index contributed by atoms with van der Waals surface area (Å²) >= 11 is 0. The fourth-order valence-corrected chi connectivity index (χ4v) is 6.34. The Morgan fingerprint density at radius 2 is 1.98 bits per heavy atom. The number of fused-ring (bicyclic) bond motifs is 1. The first-order chi connectivity index (χ1) is 20.4. The first-order valence-electron chi connectivity index (χ1n) is 13.9. The number of anilines is 1. The first-order valence-corrected chi connectivity index (χ1v) is 15.4. The molecule has 10 nitrogen and oxygen atoms in total. The Hall–Kier alpha value is -4.45. The van der Waals surface area contributed by atoms with E-state index >= 15 is 4.39 Å². The van der Waals surface area contributed by atoms with Gasteiger partial charge in [0.2, 0.25) is 5.91 Å². The molecule has 2 atom stereocenters. The number of aromatic hydroxyl groups is 1. The number of halogens is 1. The Kier molecular flexibility index (Phi) is 8.15. The fraction of sp³-hybridized carbons (Fsp3) is 0.323. The molecule has 0 spiro atoms. The number of amides is 1. The molecule has 0 bridgehead atoms. The zero-order valence-electron chi connectivity index (χ0n) is 24.7. The van der Waals surface area contributed by atoms with E-state index in [1.807, 2.05) is 32.6 Å². The van der Waals surface area contributed by atoms with Crippen LogP contribution in [0.3, 0.4) is 0 Å². The second kappa shape index (κ2) is 11.7. The molecular weight excluding hydrogens is 571 g/mol. The molecule has 1 aromatic carbocycles. The highest BCUT2D eigenvalue weighted by Crippen LogP contribution is 2.38. The van der Waals surface area contributed by atoms with Crippen molar-refractivity contribution >= 4 is 33.6 Å². The number of piperazine rings is 1. The van der Waals surface area contributed by atoms with Crippen molar-refractivity contribution in [2.24, 2.45) is 0 Å². The van der Waals surface area contributed by atoms with Gasteiger partial charge in [-0.3, -0.25) is 14.0 Å². The topological polar surface area (TPSA) is 122 Å². The average Bonchev–Trinajstić information content (AvgIpc) is 2.96. The molecule has 1 aliphatic heterocycles. The van der Waals surface area contributed by atoms with Crippen molar-refractivity contribution in [3.63, 3.8) is 0 Å². The van der Waals surface area contributed by atoms with E-state index in [0.717, 1.165) is 5.56 Å². The van der Waals surface area contributed by atoms with Crippen molar-refractivity contribution in [3.8, 4) is 22.7 Å². The minimum absolute atomic E-state index is 0.0167. The van der Waals surface area contributed by atoms with Crippen LogP contribution in [0.25, 0.3) is 28.0 Å². The molecule has 1 unspecified atom stereocenters. The summed E-state index contributed by atoms with van der Waals surface area (Å²) in [4.78, 5) is 43.7. The SMILES string of the molecule is C=CC(=O)N1CCN(c2nc(=O)n(-c3c(C)ccnc3C(C)C)c3nc(-c4c(O)cccc4S(C)=O)c(F)cc23)[C@@H](C)C1. The van der Waals surface area contributed by atoms with Gasteiger partial charge in [0.05, 0.1) is 38.0 Å². The maximum atomic E-state index is 16.1. The molecule has 0 radical (unpaired) electrons. The van der Waals surface area contributed by atoms with Gasteiger partial charge in [-0.2, -0.15) is 4.98 Å². The van der Waals surface area contributed by atoms with Crippen LogP contribution in [0.15, 0.2) is 58.9 Å². The van der Waals surface area contributed by atoms with Gasteiger partial charge in [-0.05, 0) is 55.7 Å². The third-order valence-electron chi connectivity index (χ3n) is 7.66. The van der Waals surface area contributed by atoms with E-state index in [1.165, 1.54) is 41.2 Å². The quantitative estimate of drug-likeness (QED) is 0.327. The summed E-state index contributed by atoms with van der Waals surface area (Å²) in [5.74, 6) is -1.11. The predicted molar refractivity (Wildman–Crippen MR) is 165 cm³/mol. The van der Waals surface area contributed by atoms with Crippen molar-refractivity contribution in [2.75, 3.05) is 30.8 Å². The summed E-state index contributed by atoms with van der Waals surface area (Å²) in [5, 5.41) is 11.1. The summed E-state index contributed by atoms with van der Waals surface area (Å²) in [5.41, 5.74) is 1.07. The van der Waals surface area contributed by atoms with Crippen LogP contribution in [-0.2, 0) is 15.6 Å². The fourth-order valence-electron chi connectivity index (χ4n) is 5.58.